The Morgan fingerprint density at radius 3 is 2.61 bits per heavy atom. The van der Waals surface area contributed by atoms with Gasteiger partial charge in [-0.2, -0.15) is 18.2 Å². The van der Waals surface area contributed by atoms with Crippen LogP contribution in [0, 0.1) is 6.92 Å². The van der Waals surface area contributed by atoms with E-state index in [4.69, 9.17) is 0 Å². The standard InChI is InChI=1S/C21H21F3N8O3S/c1-11-25-10-16(32(2)36(3,34)35)15(28-11)9-26-19-13(21(22,23)24)8-27-20(31-19)29-14-6-4-5-12-7-17(33)30-18(12)14/h4-6,8,10H,7,9H2,1-3H3,(H,30,33)(H2,26,27,29,31). The van der Waals surface area contributed by atoms with Gasteiger partial charge in [-0.15, -0.1) is 0 Å². The van der Waals surface area contributed by atoms with Crippen molar-refractivity contribution in [2.24, 2.45) is 0 Å². The summed E-state index contributed by atoms with van der Waals surface area (Å²) in [5, 5.41) is 8.14. The number of carbonyl (C=O) groups is 1. The van der Waals surface area contributed by atoms with Crippen molar-refractivity contribution in [3.05, 3.63) is 53.2 Å². The average molecular weight is 523 g/mol. The van der Waals surface area contributed by atoms with Gasteiger partial charge in [0.15, 0.2) is 0 Å². The Morgan fingerprint density at radius 1 is 1.17 bits per heavy atom. The molecule has 36 heavy (non-hydrogen) atoms. The Morgan fingerprint density at radius 2 is 1.92 bits per heavy atom. The summed E-state index contributed by atoms with van der Waals surface area (Å²) >= 11 is 0. The lowest BCUT2D eigenvalue weighted by atomic mass is 10.1. The lowest BCUT2D eigenvalue weighted by Gasteiger charge is -2.20. The number of hydrogen-bond acceptors (Lipinski definition) is 9. The first kappa shape index (κ1) is 25.1. The number of alkyl halides is 3. The summed E-state index contributed by atoms with van der Waals surface area (Å²) in [4.78, 5) is 27.7. The van der Waals surface area contributed by atoms with E-state index >= 15 is 0 Å². The van der Waals surface area contributed by atoms with E-state index in [2.05, 4.69) is 35.9 Å². The molecule has 0 saturated carbocycles. The highest BCUT2D eigenvalue weighted by Crippen LogP contribution is 2.36. The number of rotatable bonds is 7. The Hall–Kier alpha value is -4.01. The van der Waals surface area contributed by atoms with Crippen LogP contribution in [-0.4, -0.2) is 47.6 Å². The van der Waals surface area contributed by atoms with E-state index in [0.717, 1.165) is 16.1 Å². The first-order chi connectivity index (χ1) is 16.8. The SMILES string of the molecule is Cc1ncc(N(C)S(C)(=O)=O)c(CNc2nc(Nc3cccc4c3NC(=O)C4)ncc2C(F)(F)F)n1. The second-order valence-electron chi connectivity index (χ2n) is 7.98. The minimum absolute atomic E-state index is 0.104. The van der Waals surface area contributed by atoms with Crippen molar-refractivity contribution < 1.29 is 26.4 Å². The number of aryl methyl sites for hydroxylation is 1. The molecule has 15 heteroatoms. The maximum absolute atomic E-state index is 13.7. The third-order valence-corrected chi connectivity index (χ3v) is 6.52. The fraction of sp³-hybridized carbons (Fsp3) is 0.286. The summed E-state index contributed by atoms with van der Waals surface area (Å²) in [5.74, 6) is -0.586. The summed E-state index contributed by atoms with van der Waals surface area (Å²) in [6.45, 7) is 1.29. The number of nitrogens with zero attached hydrogens (tertiary/aromatic N) is 5. The Kier molecular flexibility index (Phi) is 6.43. The van der Waals surface area contributed by atoms with Gasteiger partial charge in [-0.05, 0) is 18.6 Å². The predicted octanol–water partition coefficient (Wildman–Crippen LogP) is 2.84. The molecule has 190 valence electrons. The molecule has 0 aliphatic carbocycles. The van der Waals surface area contributed by atoms with Crippen LogP contribution in [0.15, 0.2) is 30.6 Å². The molecule has 2 aromatic heterocycles. The summed E-state index contributed by atoms with van der Waals surface area (Å²) in [5.41, 5.74) is 0.797. The maximum Gasteiger partial charge on any atom is 0.421 e. The molecule has 3 heterocycles. The predicted molar refractivity (Wildman–Crippen MR) is 126 cm³/mol. The van der Waals surface area contributed by atoms with Crippen LogP contribution in [0.2, 0.25) is 0 Å². The zero-order valence-electron chi connectivity index (χ0n) is 19.3. The second kappa shape index (κ2) is 9.22. The molecule has 1 amide bonds. The molecule has 0 atom stereocenters. The first-order valence-corrected chi connectivity index (χ1v) is 12.3. The molecule has 0 unspecified atom stereocenters. The maximum atomic E-state index is 13.7. The van der Waals surface area contributed by atoms with Gasteiger partial charge in [-0.3, -0.25) is 9.10 Å². The number of sulfonamides is 1. The van der Waals surface area contributed by atoms with Gasteiger partial charge >= 0.3 is 6.18 Å². The van der Waals surface area contributed by atoms with Gasteiger partial charge in [0.1, 0.15) is 17.2 Å². The highest BCUT2D eigenvalue weighted by Gasteiger charge is 2.35. The number of aromatic nitrogens is 4. The molecule has 0 saturated heterocycles. The number of benzene rings is 1. The van der Waals surface area contributed by atoms with Crippen molar-refractivity contribution in [2.75, 3.05) is 33.6 Å². The molecule has 0 radical (unpaired) electrons. The summed E-state index contributed by atoms with van der Waals surface area (Å²) < 4.78 is 66.0. The van der Waals surface area contributed by atoms with Gasteiger partial charge in [0.05, 0.1) is 48.2 Å². The Labute approximate surface area is 204 Å². The van der Waals surface area contributed by atoms with Crippen molar-refractivity contribution in [3.63, 3.8) is 0 Å². The number of carbonyl (C=O) groups excluding carboxylic acids is 1. The molecular formula is C21H21F3N8O3S. The van der Waals surface area contributed by atoms with Gasteiger partial charge in [0, 0.05) is 13.2 Å². The van der Waals surface area contributed by atoms with Crippen LogP contribution in [0.1, 0.15) is 22.6 Å². The van der Waals surface area contributed by atoms with Gasteiger partial charge in [-0.25, -0.2) is 23.4 Å². The number of para-hydroxylation sites is 1. The second-order valence-corrected chi connectivity index (χ2v) is 9.99. The molecule has 3 N–H and O–H groups in total. The van der Waals surface area contributed by atoms with Gasteiger partial charge < -0.3 is 16.0 Å². The number of halogens is 3. The lowest BCUT2D eigenvalue weighted by Crippen LogP contribution is -2.27. The van der Waals surface area contributed by atoms with E-state index < -0.39 is 27.6 Å². The monoisotopic (exact) mass is 522 g/mol. The largest absolute Gasteiger partial charge is 0.421 e. The third-order valence-electron chi connectivity index (χ3n) is 5.33. The third kappa shape index (κ3) is 5.30. The molecule has 1 aliphatic rings. The fourth-order valence-electron chi connectivity index (χ4n) is 3.51. The number of amides is 1. The molecule has 4 rings (SSSR count). The van der Waals surface area contributed by atoms with E-state index in [1.165, 1.54) is 13.2 Å². The fourth-order valence-corrected chi connectivity index (χ4v) is 4.02. The van der Waals surface area contributed by atoms with E-state index in [9.17, 15) is 26.4 Å². The number of nitrogens with one attached hydrogen (secondary N) is 3. The Bertz CT molecular complexity index is 1450. The van der Waals surface area contributed by atoms with E-state index in [0.29, 0.717) is 23.4 Å². The highest BCUT2D eigenvalue weighted by atomic mass is 32.2. The van der Waals surface area contributed by atoms with Crippen LogP contribution in [0.4, 0.5) is 42.0 Å². The van der Waals surface area contributed by atoms with Crippen molar-refractivity contribution in [1.29, 1.82) is 0 Å². The molecule has 11 nitrogen and oxygen atoms in total. The zero-order chi connectivity index (χ0) is 26.3. The van der Waals surface area contributed by atoms with Crippen molar-refractivity contribution in [3.8, 4) is 0 Å². The Balaban J connectivity index is 1.66. The number of hydrogen-bond donors (Lipinski definition) is 3. The van der Waals surface area contributed by atoms with E-state index in [1.54, 1.807) is 25.1 Å². The topological polar surface area (TPSA) is 142 Å². The highest BCUT2D eigenvalue weighted by molar-refractivity contribution is 7.92. The molecule has 1 aliphatic heterocycles. The van der Waals surface area contributed by atoms with Gasteiger partial charge in [0.2, 0.25) is 21.9 Å². The molecular weight excluding hydrogens is 501 g/mol. The van der Waals surface area contributed by atoms with E-state index in [-0.39, 0.29) is 36.2 Å². The molecule has 1 aromatic carbocycles. The van der Waals surface area contributed by atoms with Crippen molar-refractivity contribution >= 4 is 44.8 Å². The van der Waals surface area contributed by atoms with Crippen LogP contribution in [0.5, 0.6) is 0 Å². The quantitative estimate of drug-likeness (QED) is 0.427. The van der Waals surface area contributed by atoms with Crippen molar-refractivity contribution in [2.45, 2.75) is 26.1 Å². The van der Waals surface area contributed by atoms with E-state index in [1.807, 2.05) is 0 Å². The summed E-state index contributed by atoms with van der Waals surface area (Å²) in [6, 6.07) is 5.09. The minimum Gasteiger partial charge on any atom is -0.364 e. The normalized spacial score (nSPS) is 13.2. The molecule has 0 spiro atoms. The smallest absolute Gasteiger partial charge is 0.364 e. The first-order valence-electron chi connectivity index (χ1n) is 10.5. The summed E-state index contributed by atoms with van der Waals surface area (Å²) in [7, 11) is -2.39. The minimum atomic E-state index is -4.77. The molecule has 0 bridgehead atoms. The van der Waals surface area contributed by atoms with Gasteiger partial charge in [-0.1, -0.05) is 12.1 Å². The average Bonchev–Trinajstić information content (AvgIpc) is 3.17. The van der Waals surface area contributed by atoms with Gasteiger partial charge in [0.25, 0.3) is 0 Å². The summed E-state index contributed by atoms with van der Waals surface area (Å²) in [6.07, 6.45) is -1.68. The number of fused-ring (bicyclic) bond motifs is 1. The lowest BCUT2D eigenvalue weighted by molar-refractivity contribution is -0.137. The van der Waals surface area contributed by atoms with Crippen molar-refractivity contribution in [1.82, 2.24) is 19.9 Å². The molecule has 0 fully saturated rings. The number of anilines is 5. The van der Waals surface area contributed by atoms with Crippen LogP contribution in [-0.2, 0) is 34.0 Å². The van der Waals surface area contributed by atoms with Crippen LogP contribution < -0.4 is 20.3 Å². The molecule has 3 aromatic rings. The van der Waals surface area contributed by atoms with Crippen LogP contribution in [0.3, 0.4) is 0 Å². The zero-order valence-corrected chi connectivity index (χ0v) is 20.1. The van der Waals surface area contributed by atoms with Crippen LogP contribution in [0.25, 0.3) is 0 Å². The van der Waals surface area contributed by atoms with Crippen LogP contribution >= 0.6 is 0 Å².